The number of amides is 5. The summed E-state index contributed by atoms with van der Waals surface area (Å²) in [5, 5.41) is 23.2. The third-order valence-electron chi connectivity index (χ3n) is 4.94. The molecule has 0 aromatic rings. The highest BCUT2D eigenvalue weighted by Crippen LogP contribution is 2.20. The Kier molecular flexibility index (Phi) is 10.00. The number of aliphatic hydroxyl groups excluding tert-OH is 1. The summed E-state index contributed by atoms with van der Waals surface area (Å²) < 4.78 is 0. The van der Waals surface area contributed by atoms with Gasteiger partial charge in [0.1, 0.15) is 12.1 Å². The van der Waals surface area contributed by atoms with Crippen molar-refractivity contribution in [3.05, 3.63) is 0 Å². The fourth-order valence-corrected chi connectivity index (χ4v) is 3.25. The number of aliphatic hydroxyl groups is 1. The summed E-state index contributed by atoms with van der Waals surface area (Å²) in [6.45, 7) is 1.30. The van der Waals surface area contributed by atoms with E-state index in [9.17, 15) is 33.9 Å². The second-order valence-electron chi connectivity index (χ2n) is 7.60. The van der Waals surface area contributed by atoms with Gasteiger partial charge in [-0.2, -0.15) is 0 Å². The van der Waals surface area contributed by atoms with Gasteiger partial charge in [0.05, 0.1) is 18.6 Å². The van der Waals surface area contributed by atoms with Crippen LogP contribution in [-0.2, 0) is 28.8 Å². The largest absolute Gasteiger partial charge is 0.480 e. The van der Waals surface area contributed by atoms with Gasteiger partial charge < -0.3 is 42.9 Å². The van der Waals surface area contributed by atoms with Crippen molar-refractivity contribution in [2.24, 2.45) is 17.2 Å². The van der Waals surface area contributed by atoms with Crippen molar-refractivity contribution in [1.82, 2.24) is 15.5 Å². The van der Waals surface area contributed by atoms with Gasteiger partial charge in [0.25, 0.3) is 0 Å². The number of nitrogens with two attached hydrogens (primary N) is 3. The maximum absolute atomic E-state index is 13.0. The minimum atomic E-state index is -1.58. The standard InChI is InChI=1S/C18H30N6O8/c1-8(25)14(18(31)32)23-16(29)11-3-2-6-24(11)17(30)10(7-13(21)27)22-15(28)9(19)4-5-12(20)26/h8-11,14,25H,2-7,19H2,1H3,(H2,20,26)(H2,21,27)(H,22,28)(H,23,29)(H,31,32)/t8-,9+,10+,11+,14+/m1/s1. The second-order valence-corrected chi connectivity index (χ2v) is 7.60. The molecular formula is C18H30N6O8. The smallest absolute Gasteiger partial charge is 0.328 e. The number of carbonyl (C=O) groups excluding carboxylic acids is 5. The zero-order valence-electron chi connectivity index (χ0n) is 17.7. The minimum absolute atomic E-state index is 0.0800. The molecule has 0 aromatic heterocycles. The van der Waals surface area contributed by atoms with Gasteiger partial charge in [-0.3, -0.25) is 24.0 Å². The molecule has 5 atom stereocenters. The number of nitrogens with one attached hydrogen (secondary N) is 2. The first kappa shape index (κ1) is 26.8. The molecule has 0 aliphatic carbocycles. The lowest BCUT2D eigenvalue weighted by molar-refractivity contribution is -0.147. The number of hydrogen-bond acceptors (Lipinski definition) is 8. The topological polar surface area (TPSA) is 248 Å². The van der Waals surface area contributed by atoms with Crippen molar-refractivity contribution in [3.8, 4) is 0 Å². The van der Waals surface area contributed by atoms with Crippen LogP contribution in [0.1, 0.15) is 39.0 Å². The van der Waals surface area contributed by atoms with E-state index < -0.39 is 72.2 Å². The van der Waals surface area contributed by atoms with Crippen LogP contribution >= 0.6 is 0 Å². The third-order valence-corrected chi connectivity index (χ3v) is 4.94. The second kappa shape index (κ2) is 12.0. The molecule has 1 saturated heterocycles. The summed E-state index contributed by atoms with van der Waals surface area (Å²) in [6.07, 6.45) is -1.58. The Hall–Kier alpha value is -3.26. The first-order valence-electron chi connectivity index (χ1n) is 9.99. The van der Waals surface area contributed by atoms with E-state index in [1.165, 1.54) is 6.92 Å². The number of carbonyl (C=O) groups is 6. The van der Waals surface area contributed by atoms with E-state index in [0.717, 1.165) is 4.90 Å². The van der Waals surface area contributed by atoms with Gasteiger partial charge in [-0.05, 0) is 26.2 Å². The summed E-state index contributed by atoms with van der Waals surface area (Å²) in [5.41, 5.74) is 15.9. The number of hydrogen-bond donors (Lipinski definition) is 7. The van der Waals surface area contributed by atoms with Crippen molar-refractivity contribution in [3.63, 3.8) is 0 Å². The molecule has 1 fully saturated rings. The lowest BCUT2D eigenvalue weighted by atomic mass is 10.1. The summed E-state index contributed by atoms with van der Waals surface area (Å²) in [4.78, 5) is 72.5. The fourth-order valence-electron chi connectivity index (χ4n) is 3.25. The summed E-state index contributed by atoms with van der Waals surface area (Å²) in [5.74, 6) is -5.40. The molecule has 1 heterocycles. The maximum Gasteiger partial charge on any atom is 0.328 e. The molecule has 32 heavy (non-hydrogen) atoms. The molecule has 0 spiro atoms. The van der Waals surface area contributed by atoms with Gasteiger partial charge in [-0.1, -0.05) is 0 Å². The number of nitrogens with zero attached hydrogens (tertiary/aromatic N) is 1. The number of aliphatic carboxylic acids is 1. The Balaban J connectivity index is 2.94. The highest BCUT2D eigenvalue weighted by atomic mass is 16.4. The molecule has 14 nitrogen and oxygen atoms in total. The first-order chi connectivity index (χ1) is 14.8. The molecule has 180 valence electrons. The van der Waals surface area contributed by atoms with Crippen LogP contribution < -0.4 is 27.8 Å². The zero-order valence-corrected chi connectivity index (χ0v) is 17.7. The van der Waals surface area contributed by atoms with Crippen LogP contribution in [0.25, 0.3) is 0 Å². The molecular weight excluding hydrogens is 428 g/mol. The molecule has 10 N–H and O–H groups in total. The average Bonchev–Trinajstić information content (AvgIpc) is 3.17. The van der Waals surface area contributed by atoms with E-state index in [0.29, 0.717) is 6.42 Å². The van der Waals surface area contributed by atoms with Crippen molar-refractivity contribution in [2.75, 3.05) is 6.54 Å². The van der Waals surface area contributed by atoms with E-state index in [4.69, 9.17) is 22.3 Å². The number of rotatable bonds is 12. The molecule has 0 aromatic carbocycles. The quantitative estimate of drug-likeness (QED) is 0.150. The highest BCUT2D eigenvalue weighted by Gasteiger charge is 2.40. The van der Waals surface area contributed by atoms with Gasteiger partial charge in [0, 0.05) is 13.0 Å². The van der Waals surface area contributed by atoms with Gasteiger partial charge in [-0.25, -0.2) is 4.79 Å². The van der Waals surface area contributed by atoms with Crippen LogP contribution in [0.15, 0.2) is 0 Å². The van der Waals surface area contributed by atoms with E-state index in [-0.39, 0.29) is 25.8 Å². The maximum atomic E-state index is 13.0. The van der Waals surface area contributed by atoms with Crippen LogP contribution in [0.2, 0.25) is 0 Å². The summed E-state index contributed by atoms with van der Waals surface area (Å²) in [6, 6.07) is -5.24. The van der Waals surface area contributed by atoms with Crippen LogP contribution in [0.5, 0.6) is 0 Å². The molecule has 1 rings (SSSR count). The van der Waals surface area contributed by atoms with Crippen LogP contribution in [0, 0.1) is 0 Å². The van der Waals surface area contributed by atoms with Crippen molar-refractivity contribution in [1.29, 1.82) is 0 Å². The normalized spacial score (nSPS) is 19.3. The zero-order chi connectivity index (χ0) is 24.6. The predicted molar refractivity (Wildman–Crippen MR) is 108 cm³/mol. The fraction of sp³-hybridized carbons (Fsp3) is 0.667. The highest BCUT2D eigenvalue weighted by molar-refractivity contribution is 5.96. The molecule has 0 bridgehead atoms. The van der Waals surface area contributed by atoms with Crippen molar-refractivity contribution >= 4 is 35.5 Å². The van der Waals surface area contributed by atoms with Crippen LogP contribution in [0.4, 0.5) is 0 Å². The summed E-state index contributed by atoms with van der Waals surface area (Å²) in [7, 11) is 0. The number of carboxylic acids is 1. The number of likely N-dealkylation sites (tertiary alicyclic amines) is 1. The summed E-state index contributed by atoms with van der Waals surface area (Å²) >= 11 is 0. The van der Waals surface area contributed by atoms with E-state index in [1.54, 1.807) is 0 Å². The number of carboxylic acid groups (broad SMARTS) is 1. The average molecular weight is 458 g/mol. The SMILES string of the molecule is C[C@@H](O)[C@H](NC(=O)[C@@H]1CCCN1C(=O)[C@H](CC(N)=O)NC(=O)[C@@H](N)CCC(N)=O)C(=O)O. The van der Waals surface area contributed by atoms with E-state index in [2.05, 4.69) is 10.6 Å². The monoisotopic (exact) mass is 458 g/mol. The third kappa shape index (κ3) is 7.77. The Morgan fingerprint density at radius 1 is 1.09 bits per heavy atom. The Morgan fingerprint density at radius 3 is 2.22 bits per heavy atom. The molecule has 0 saturated carbocycles. The first-order valence-corrected chi connectivity index (χ1v) is 9.99. The lowest BCUT2D eigenvalue weighted by Gasteiger charge is -2.29. The van der Waals surface area contributed by atoms with E-state index in [1.807, 2.05) is 0 Å². The van der Waals surface area contributed by atoms with Crippen molar-refractivity contribution in [2.45, 2.75) is 69.3 Å². The van der Waals surface area contributed by atoms with Gasteiger partial charge in [-0.15, -0.1) is 0 Å². The predicted octanol–water partition coefficient (Wildman–Crippen LogP) is -4.12. The minimum Gasteiger partial charge on any atom is -0.480 e. The lowest BCUT2D eigenvalue weighted by Crippen LogP contribution is -2.58. The molecule has 1 aliphatic heterocycles. The molecule has 1 aliphatic rings. The van der Waals surface area contributed by atoms with Gasteiger partial charge in [0.2, 0.25) is 29.5 Å². The molecule has 0 unspecified atom stereocenters. The molecule has 14 heteroatoms. The molecule has 0 radical (unpaired) electrons. The van der Waals surface area contributed by atoms with E-state index >= 15 is 0 Å². The Morgan fingerprint density at radius 2 is 1.72 bits per heavy atom. The molecule has 5 amide bonds. The Labute approximate surface area is 183 Å². The van der Waals surface area contributed by atoms with Gasteiger partial charge >= 0.3 is 5.97 Å². The van der Waals surface area contributed by atoms with Crippen LogP contribution in [0.3, 0.4) is 0 Å². The number of primary amides is 2. The van der Waals surface area contributed by atoms with Gasteiger partial charge in [0.15, 0.2) is 6.04 Å². The Bertz CT molecular complexity index is 758. The van der Waals surface area contributed by atoms with Crippen LogP contribution in [-0.4, -0.2) is 87.4 Å². The van der Waals surface area contributed by atoms with Crippen molar-refractivity contribution < 1.29 is 39.0 Å².